The zero-order valence-electron chi connectivity index (χ0n) is 9.71. The summed E-state index contributed by atoms with van der Waals surface area (Å²) in [5.41, 5.74) is -4.91. The fourth-order valence-corrected chi connectivity index (χ4v) is 3.50. The zero-order valence-corrected chi connectivity index (χ0v) is 10.5. The lowest BCUT2D eigenvalue weighted by atomic mass is 9.97. The molecule has 0 radical (unpaired) electrons. The normalized spacial score (nSPS) is 24.2. The third kappa shape index (κ3) is 2.48. The van der Waals surface area contributed by atoms with Crippen LogP contribution in [0.1, 0.15) is 27.7 Å². The molecule has 0 spiro atoms. The molecule has 0 aromatic rings. The van der Waals surface area contributed by atoms with Crippen molar-refractivity contribution in [3.63, 3.8) is 0 Å². The van der Waals surface area contributed by atoms with Crippen LogP contribution in [0, 0.1) is 0 Å². The third-order valence-electron chi connectivity index (χ3n) is 2.43. The molecule has 0 saturated carbocycles. The van der Waals surface area contributed by atoms with Gasteiger partial charge in [-0.3, -0.25) is 4.55 Å². The Kier molecular flexibility index (Phi) is 2.94. The maximum atomic E-state index is 12.9. The van der Waals surface area contributed by atoms with Crippen molar-refractivity contribution in [2.45, 2.75) is 45.1 Å². The molecule has 1 aliphatic heterocycles. The molecule has 1 heterocycles. The molecule has 0 atom stereocenters. The molecule has 4 nitrogen and oxygen atoms in total. The van der Waals surface area contributed by atoms with Crippen LogP contribution < -0.4 is 0 Å². The van der Waals surface area contributed by atoms with Crippen LogP contribution in [0.5, 0.6) is 0 Å². The SMILES string of the molecule is CC1(C)OC(C)(C)C(S(=O)(=O)O)=C1C(F)(F)F. The van der Waals surface area contributed by atoms with E-state index in [1.54, 1.807) is 0 Å². The topological polar surface area (TPSA) is 63.6 Å². The lowest BCUT2D eigenvalue weighted by molar-refractivity contribution is -0.127. The van der Waals surface area contributed by atoms with E-state index in [4.69, 9.17) is 9.29 Å². The number of hydrogen-bond donors (Lipinski definition) is 1. The van der Waals surface area contributed by atoms with Crippen molar-refractivity contribution in [3.05, 3.63) is 10.5 Å². The average Bonchev–Trinajstić information content (AvgIpc) is 2.10. The first-order valence-electron chi connectivity index (χ1n) is 4.70. The van der Waals surface area contributed by atoms with Gasteiger partial charge in [-0.15, -0.1) is 0 Å². The minimum atomic E-state index is -4.98. The Balaban J connectivity index is 3.71. The van der Waals surface area contributed by atoms with Crippen LogP contribution in [0.2, 0.25) is 0 Å². The summed E-state index contributed by atoms with van der Waals surface area (Å²) in [6, 6.07) is 0. The lowest BCUT2D eigenvalue weighted by Crippen LogP contribution is -2.33. The van der Waals surface area contributed by atoms with Crippen LogP contribution in [-0.2, 0) is 14.9 Å². The van der Waals surface area contributed by atoms with Crippen LogP contribution in [0.15, 0.2) is 10.5 Å². The highest BCUT2D eigenvalue weighted by atomic mass is 32.2. The highest BCUT2D eigenvalue weighted by Crippen LogP contribution is 2.50. The van der Waals surface area contributed by atoms with Crippen molar-refractivity contribution in [1.29, 1.82) is 0 Å². The molecule has 17 heavy (non-hydrogen) atoms. The Labute approximate surface area is 97.2 Å². The molecule has 1 N–H and O–H groups in total. The van der Waals surface area contributed by atoms with Gasteiger partial charge in [-0.25, -0.2) is 0 Å². The van der Waals surface area contributed by atoms with Crippen molar-refractivity contribution < 1.29 is 30.9 Å². The van der Waals surface area contributed by atoms with Crippen LogP contribution in [0.25, 0.3) is 0 Å². The van der Waals surface area contributed by atoms with Gasteiger partial charge in [0, 0.05) is 0 Å². The largest absolute Gasteiger partial charge is 0.416 e. The van der Waals surface area contributed by atoms with Crippen LogP contribution in [-0.4, -0.2) is 30.3 Å². The average molecular weight is 274 g/mol. The Hall–Kier alpha value is -0.600. The first-order valence-corrected chi connectivity index (χ1v) is 6.14. The van der Waals surface area contributed by atoms with E-state index in [-0.39, 0.29) is 0 Å². The Morgan fingerprint density at radius 1 is 1.12 bits per heavy atom. The third-order valence-corrected chi connectivity index (χ3v) is 3.64. The van der Waals surface area contributed by atoms with Crippen molar-refractivity contribution in [2.24, 2.45) is 0 Å². The van der Waals surface area contributed by atoms with Gasteiger partial charge < -0.3 is 4.74 Å². The van der Waals surface area contributed by atoms with Gasteiger partial charge in [0.25, 0.3) is 10.1 Å². The van der Waals surface area contributed by atoms with Crippen LogP contribution >= 0.6 is 0 Å². The fraction of sp³-hybridized carbons (Fsp3) is 0.778. The van der Waals surface area contributed by atoms with E-state index in [0.29, 0.717) is 0 Å². The van der Waals surface area contributed by atoms with Gasteiger partial charge in [0.2, 0.25) is 0 Å². The maximum Gasteiger partial charge on any atom is 0.416 e. The minimum absolute atomic E-state index is 1.11. The number of hydrogen-bond acceptors (Lipinski definition) is 3. The summed E-state index contributed by atoms with van der Waals surface area (Å²) in [6.07, 6.45) is -4.89. The Bertz CT molecular complexity index is 471. The van der Waals surface area contributed by atoms with Crippen molar-refractivity contribution in [2.75, 3.05) is 0 Å². The first kappa shape index (κ1) is 14.5. The van der Waals surface area contributed by atoms with Crippen LogP contribution in [0.3, 0.4) is 0 Å². The first-order chi connectivity index (χ1) is 7.20. The predicted octanol–water partition coefficient (Wildman–Crippen LogP) is 2.28. The molecule has 0 unspecified atom stereocenters. The van der Waals surface area contributed by atoms with Gasteiger partial charge in [-0.1, -0.05) is 0 Å². The summed E-state index contributed by atoms with van der Waals surface area (Å²) in [4.78, 5) is -1.12. The molecule has 0 amide bonds. The number of ether oxygens (including phenoxy) is 1. The molecule has 0 bridgehead atoms. The summed E-state index contributed by atoms with van der Waals surface area (Å²) >= 11 is 0. The fourth-order valence-electron chi connectivity index (χ4n) is 2.22. The van der Waals surface area contributed by atoms with Gasteiger partial charge in [0.15, 0.2) is 0 Å². The summed E-state index contributed by atoms with van der Waals surface area (Å²) in [5.74, 6) is 0. The lowest BCUT2D eigenvalue weighted by Gasteiger charge is -2.27. The maximum absolute atomic E-state index is 12.9. The van der Waals surface area contributed by atoms with E-state index >= 15 is 0 Å². The quantitative estimate of drug-likeness (QED) is 0.745. The molecule has 0 aromatic heterocycles. The predicted molar refractivity (Wildman–Crippen MR) is 53.9 cm³/mol. The van der Waals surface area contributed by atoms with E-state index in [0.717, 1.165) is 27.7 Å². The van der Waals surface area contributed by atoms with Crippen molar-refractivity contribution >= 4 is 10.1 Å². The second-order valence-electron chi connectivity index (χ2n) is 4.80. The van der Waals surface area contributed by atoms with E-state index in [9.17, 15) is 21.6 Å². The molecule has 0 aliphatic carbocycles. The zero-order chi connectivity index (χ0) is 13.9. The monoisotopic (exact) mass is 274 g/mol. The number of alkyl halides is 3. The molecule has 0 saturated heterocycles. The summed E-state index contributed by atoms with van der Waals surface area (Å²) in [6.45, 7) is 4.54. The van der Waals surface area contributed by atoms with Gasteiger partial charge in [0.05, 0.1) is 11.2 Å². The van der Waals surface area contributed by atoms with Crippen molar-refractivity contribution in [3.8, 4) is 0 Å². The second-order valence-corrected chi connectivity index (χ2v) is 6.16. The molecule has 8 heteroatoms. The molecule has 1 aliphatic rings. The van der Waals surface area contributed by atoms with E-state index in [2.05, 4.69) is 0 Å². The summed E-state index contributed by atoms with van der Waals surface area (Å²) in [5, 5.41) is 0. The smallest absolute Gasteiger partial charge is 0.359 e. The Morgan fingerprint density at radius 2 is 1.53 bits per heavy atom. The van der Waals surface area contributed by atoms with E-state index < -0.39 is 38.0 Å². The molecular formula is C9H13F3O4S. The minimum Gasteiger partial charge on any atom is -0.359 e. The summed E-state index contributed by atoms with van der Waals surface area (Å²) < 4.78 is 74.9. The van der Waals surface area contributed by atoms with E-state index in [1.165, 1.54) is 0 Å². The van der Waals surface area contributed by atoms with Gasteiger partial charge >= 0.3 is 6.18 Å². The standard InChI is InChI=1S/C9H13F3O4S/c1-7(2)5(9(10,11)12)6(17(13,14)15)8(3,4)16-7/h1-4H3,(H,13,14,15). The number of rotatable bonds is 1. The van der Waals surface area contributed by atoms with Gasteiger partial charge in [-0.05, 0) is 27.7 Å². The molecule has 100 valence electrons. The second kappa shape index (κ2) is 3.46. The van der Waals surface area contributed by atoms with E-state index in [1.807, 2.05) is 0 Å². The highest BCUT2D eigenvalue weighted by Gasteiger charge is 2.58. The molecular weight excluding hydrogens is 261 g/mol. The van der Waals surface area contributed by atoms with Crippen molar-refractivity contribution in [1.82, 2.24) is 0 Å². The summed E-state index contributed by atoms with van der Waals surface area (Å²) in [7, 11) is -4.98. The molecule has 0 aromatic carbocycles. The number of halogens is 3. The van der Waals surface area contributed by atoms with Gasteiger partial charge in [-0.2, -0.15) is 21.6 Å². The molecule has 0 fully saturated rings. The van der Waals surface area contributed by atoms with Gasteiger partial charge in [0.1, 0.15) is 10.5 Å². The highest BCUT2D eigenvalue weighted by molar-refractivity contribution is 7.90. The Morgan fingerprint density at radius 3 is 1.76 bits per heavy atom. The molecule has 1 rings (SSSR count). The van der Waals surface area contributed by atoms with Crippen LogP contribution in [0.4, 0.5) is 13.2 Å².